The van der Waals surface area contributed by atoms with Crippen molar-refractivity contribution in [2.75, 3.05) is 0 Å². The van der Waals surface area contributed by atoms with Crippen molar-refractivity contribution in [3.05, 3.63) is 67.3 Å². The highest BCUT2D eigenvalue weighted by atomic mass is 35.5. The van der Waals surface area contributed by atoms with Gasteiger partial charge in [-0.3, -0.25) is 19.4 Å². The van der Waals surface area contributed by atoms with E-state index in [0.29, 0.717) is 28.2 Å². The number of aryl methyl sites for hydroxylation is 2. The summed E-state index contributed by atoms with van der Waals surface area (Å²) in [4.78, 5) is 24.4. The van der Waals surface area contributed by atoms with Crippen molar-refractivity contribution < 1.29 is 0 Å². The zero-order valence-electron chi connectivity index (χ0n) is 11.7. The van der Waals surface area contributed by atoms with Gasteiger partial charge in [-0.2, -0.15) is 0 Å². The molecule has 0 fully saturated rings. The number of fused-ring (bicyclic) bond motifs is 1. The van der Waals surface area contributed by atoms with Crippen LogP contribution >= 0.6 is 11.6 Å². The van der Waals surface area contributed by atoms with Crippen LogP contribution in [0.15, 0.2) is 39.9 Å². The molecule has 3 aromatic rings. The molecule has 0 spiro atoms. The normalized spacial score (nSPS) is 11.2. The molecule has 0 aliphatic heterocycles. The molecule has 5 nitrogen and oxygen atoms in total. The smallest absolute Gasteiger partial charge is 0.275 e. The zero-order valence-corrected chi connectivity index (χ0v) is 12.4. The van der Waals surface area contributed by atoms with E-state index in [9.17, 15) is 9.59 Å². The molecule has 108 valence electrons. The van der Waals surface area contributed by atoms with Gasteiger partial charge in [0.2, 0.25) is 0 Å². The number of hydrogen-bond donors (Lipinski definition) is 1. The highest BCUT2D eigenvalue weighted by molar-refractivity contribution is 6.30. The first-order valence-electron chi connectivity index (χ1n) is 6.51. The molecule has 0 atom stereocenters. The van der Waals surface area contributed by atoms with Crippen molar-refractivity contribution in [1.29, 1.82) is 0 Å². The van der Waals surface area contributed by atoms with E-state index < -0.39 is 0 Å². The number of rotatable bonds is 2. The third kappa shape index (κ3) is 2.29. The molecule has 21 heavy (non-hydrogen) atoms. The van der Waals surface area contributed by atoms with Crippen LogP contribution in [-0.2, 0) is 13.6 Å². The van der Waals surface area contributed by atoms with Gasteiger partial charge in [0.05, 0.1) is 17.4 Å². The highest BCUT2D eigenvalue weighted by Gasteiger charge is 2.13. The minimum absolute atomic E-state index is 0.137. The number of H-pyrrole nitrogens is 1. The summed E-state index contributed by atoms with van der Waals surface area (Å²) in [6, 6.07) is 8.79. The van der Waals surface area contributed by atoms with Crippen molar-refractivity contribution in [1.82, 2.24) is 14.3 Å². The molecule has 0 bridgehead atoms. The summed E-state index contributed by atoms with van der Waals surface area (Å²) in [5.41, 5.74) is 1.84. The monoisotopic (exact) mass is 303 g/mol. The number of pyridine rings is 1. The van der Waals surface area contributed by atoms with Crippen LogP contribution in [0.2, 0.25) is 5.02 Å². The van der Waals surface area contributed by atoms with E-state index in [4.69, 9.17) is 11.6 Å². The minimum atomic E-state index is -0.151. The second kappa shape index (κ2) is 4.93. The number of aromatic nitrogens is 3. The fourth-order valence-electron chi connectivity index (χ4n) is 2.54. The maximum atomic E-state index is 12.3. The van der Waals surface area contributed by atoms with Crippen LogP contribution in [0.5, 0.6) is 0 Å². The Morgan fingerprint density at radius 2 is 2.00 bits per heavy atom. The van der Waals surface area contributed by atoms with Crippen molar-refractivity contribution in [3.8, 4) is 0 Å². The van der Waals surface area contributed by atoms with Crippen molar-refractivity contribution in [2.24, 2.45) is 7.05 Å². The molecule has 0 saturated carbocycles. The topological polar surface area (TPSA) is 59.8 Å². The van der Waals surface area contributed by atoms with Gasteiger partial charge in [0.1, 0.15) is 0 Å². The lowest BCUT2D eigenvalue weighted by molar-refractivity contribution is 0.738. The van der Waals surface area contributed by atoms with Crippen LogP contribution in [-0.4, -0.2) is 14.3 Å². The summed E-state index contributed by atoms with van der Waals surface area (Å²) < 4.78 is 2.96. The van der Waals surface area contributed by atoms with Crippen LogP contribution in [0.4, 0.5) is 0 Å². The van der Waals surface area contributed by atoms with Crippen LogP contribution < -0.4 is 11.1 Å². The number of nitrogens with one attached hydrogen (secondary N) is 1. The van der Waals surface area contributed by atoms with Gasteiger partial charge < -0.3 is 4.57 Å². The summed E-state index contributed by atoms with van der Waals surface area (Å²) in [6.45, 7) is 2.17. The Morgan fingerprint density at radius 1 is 1.24 bits per heavy atom. The largest absolute Gasteiger partial charge is 0.308 e. The van der Waals surface area contributed by atoms with E-state index >= 15 is 0 Å². The van der Waals surface area contributed by atoms with E-state index in [1.807, 2.05) is 18.2 Å². The molecule has 2 aromatic heterocycles. The Bertz CT molecular complexity index is 950. The Labute approximate surface area is 125 Å². The molecule has 0 aliphatic carbocycles. The molecule has 2 heterocycles. The summed E-state index contributed by atoms with van der Waals surface area (Å²) in [5, 5.41) is 4.04. The van der Waals surface area contributed by atoms with Gasteiger partial charge in [-0.05, 0) is 24.6 Å². The molecule has 3 rings (SSSR count). The Kier molecular flexibility index (Phi) is 3.22. The van der Waals surface area contributed by atoms with Gasteiger partial charge in [-0.1, -0.05) is 23.7 Å². The molecule has 0 aliphatic rings. The minimum Gasteiger partial charge on any atom is -0.308 e. The second-order valence-electron chi connectivity index (χ2n) is 5.05. The third-order valence-electron chi connectivity index (χ3n) is 3.61. The fourth-order valence-corrected chi connectivity index (χ4v) is 2.75. The fraction of sp³-hybridized carbons (Fsp3) is 0.200. The standard InChI is InChI=1S/C15H14ClN3O2/c1-9-14-12(17-18(2)15(14)21)7-13(20)19(9)8-10-4-3-5-11(16)6-10/h3-7,17H,8H2,1-2H3. The van der Waals surface area contributed by atoms with E-state index in [-0.39, 0.29) is 11.1 Å². The Hall–Kier alpha value is -2.27. The number of nitrogens with zero attached hydrogens (tertiary/aromatic N) is 2. The molecular formula is C15H14ClN3O2. The van der Waals surface area contributed by atoms with Gasteiger partial charge in [-0.15, -0.1) is 0 Å². The molecule has 1 aromatic carbocycles. The average molecular weight is 304 g/mol. The van der Waals surface area contributed by atoms with E-state index in [2.05, 4.69) is 5.10 Å². The molecule has 0 amide bonds. The van der Waals surface area contributed by atoms with E-state index in [1.165, 1.54) is 10.7 Å². The first-order chi connectivity index (χ1) is 9.97. The summed E-state index contributed by atoms with van der Waals surface area (Å²) in [5.74, 6) is 0. The summed E-state index contributed by atoms with van der Waals surface area (Å²) >= 11 is 5.97. The van der Waals surface area contributed by atoms with Gasteiger partial charge in [-0.25, -0.2) is 0 Å². The average Bonchev–Trinajstić information content (AvgIpc) is 2.70. The van der Waals surface area contributed by atoms with Gasteiger partial charge >= 0.3 is 0 Å². The highest BCUT2D eigenvalue weighted by Crippen LogP contribution is 2.14. The van der Waals surface area contributed by atoms with Gasteiger partial charge in [0, 0.05) is 23.8 Å². The van der Waals surface area contributed by atoms with Crippen molar-refractivity contribution in [3.63, 3.8) is 0 Å². The SMILES string of the molecule is Cc1c2c(=O)n(C)[nH]c2cc(=O)n1Cc1cccc(Cl)c1. The Morgan fingerprint density at radius 3 is 2.71 bits per heavy atom. The molecule has 0 radical (unpaired) electrons. The molecule has 0 unspecified atom stereocenters. The number of benzene rings is 1. The maximum absolute atomic E-state index is 12.3. The van der Waals surface area contributed by atoms with E-state index in [0.717, 1.165) is 5.56 Å². The first kappa shape index (κ1) is 13.7. The number of aromatic amines is 1. The van der Waals surface area contributed by atoms with Crippen LogP contribution in [0, 0.1) is 6.92 Å². The lowest BCUT2D eigenvalue weighted by Crippen LogP contribution is -2.23. The number of hydrogen-bond acceptors (Lipinski definition) is 2. The summed E-state index contributed by atoms with van der Waals surface area (Å²) in [7, 11) is 1.63. The van der Waals surface area contributed by atoms with Crippen LogP contribution in [0.1, 0.15) is 11.3 Å². The van der Waals surface area contributed by atoms with Crippen LogP contribution in [0.3, 0.4) is 0 Å². The molecule has 0 saturated heterocycles. The second-order valence-corrected chi connectivity index (χ2v) is 5.49. The zero-order chi connectivity index (χ0) is 15.1. The predicted molar refractivity (Wildman–Crippen MR) is 83.1 cm³/mol. The van der Waals surface area contributed by atoms with Gasteiger partial charge in [0.15, 0.2) is 0 Å². The summed E-state index contributed by atoms with van der Waals surface area (Å²) in [6.07, 6.45) is 0. The first-order valence-corrected chi connectivity index (χ1v) is 6.89. The van der Waals surface area contributed by atoms with Gasteiger partial charge in [0.25, 0.3) is 11.1 Å². The van der Waals surface area contributed by atoms with Crippen molar-refractivity contribution in [2.45, 2.75) is 13.5 Å². The molecule has 1 N–H and O–H groups in total. The predicted octanol–water partition coefficient (Wildman–Crippen LogP) is 2.04. The van der Waals surface area contributed by atoms with Crippen molar-refractivity contribution >= 4 is 22.5 Å². The van der Waals surface area contributed by atoms with Crippen LogP contribution in [0.25, 0.3) is 10.9 Å². The maximum Gasteiger partial charge on any atom is 0.275 e. The lowest BCUT2D eigenvalue weighted by Gasteiger charge is -2.10. The quantitative estimate of drug-likeness (QED) is 0.787. The molecular weight excluding hydrogens is 290 g/mol. The Balaban J connectivity index is 2.21. The number of halogens is 1. The third-order valence-corrected chi connectivity index (χ3v) is 3.84. The molecule has 6 heteroatoms. The van der Waals surface area contributed by atoms with E-state index in [1.54, 1.807) is 24.6 Å². The lowest BCUT2D eigenvalue weighted by atomic mass is 10.2.